The number of quaternary nitrogens is 2. The molecular formula is C68H26I2N2. The molecule has 72 heavy (non-hydrogen) atoms. The second-order valence-electron chi connectivity index (χ2n) is 30.3. The van der Waals surface area contributed by atoms with Crippen molar-refractivity contribution >= 4 is 173 Å². The Hall–Kier alpha value is -5.12. The minimum Gasteiger partial charge on any atom is -1.00 e. The topological polar surface area (TPSA) is 0 Å². The lowest BCUT2D eigenvalue weighted by molar-refractivity contribution is -0.881. The number of hydrogen-bond acceptors (Lipinski definition) is 0. The van der Waals surface area contributed by atoms with Crippen molar-refractivity contribution in [1.29, 1.82) is 0 Å². The molecule has 0 radical (unpaired) electrons. The van der Waals surface area contributed by atoms with Gasteiger partial charge in [0.05, 0.1) is 76.0 Å². The zero-order valence-corrected chi connectivity index (χ0v) is 43.3. The molecule has 10 atom stereocenters. The van der Waals surface area contributed by atoms with Crippen LogP contribution in [0.25, 0.3) is 184 Å². The van der Waals surface area contributed by atoms with Gasteiger partial charge in [-0.05, 0) is 273 Å². The lowest BCUT2D eigenvalue weighted by Gasteiger charge is -2.58. The molecule has 4 spiro atoms. The average molecular weight is 1120 g/mol. The van der Waals surface area contributed by atoms with E-state index in [9.17, 15) is 0 Å². The summed E-state index contributed by atoms with van der Waals surface area (Å²) in [4.78, 5) is 0. The van der Waals surface area contributed by atoms with Gasteiger partial charge in [0.15, 0.2) is 0 Å². The summed E-state index contributed by atoms with van der Waals surface area (Å²) >= 11 is 0. The molecule has 2 fully saturated rings. The van der Waals surface area contributed by atoms with Gasteiger partial charge in [-0.3, -0.25) is 0 Å². The molecule has 2 heterocycles. The number of benzene rings is 12. The minimum absolute atomic E-state index is 0. The molecule has 322 valence electrons. The first kappa shape index (κ1) is 30.9. The second-order valence-corrected chi connectivity index (χ2v) is 30.3. The third-order valence-corrected chi connectivity index (χ3v) is 29.1. The summed E-state index contributed by atoms with van der Waals surface area (Å²) in [5, 5.41) is 49.8. The third-order valence-electron chi connectivity index (χ3n) is 29.1. The van der Waals surface area contributed by atoms with Crippen LogP contribution in [0.3, 0.4) is 0 Å². The van der Waals surface area contributed by atoms with E-state index in [1.54, 1.807) is 124 Å². The predicted molar refractivity (Wildman–Crippen MR) is 278 cm³/mol. The largest absolute Gasteiger partial charge is 1.00 e. The van der Waals surface area contributed by atoms with Crippen LogP contribution in [0.5, 0.6) is 0 Å². The molecule has 16 aromatic carbocycles. The Morgan fingerprint density at radius 1 is 0.278 bits per heavy atom. The maximum atomic E-state index is 2.72. The maximum Gasteiger partial charge on any atom is 0.0934 e. The van der Waals surface area contributed by atoms with Gasteiger partial charge in [-0.15, -0.1) is 0 Å². The van der Waals surface area contributed by atoms with E-state index in [1.165, 1.54) is 26.2 Å². The van der Waals surface area contributed by atoms with Crippen LogP contribution in [0, 0.1) is 10.8 Å². The number of nitrogens with zero attached hydrogens (tertiary/aromatic N) is 2. The van der Waals surface area contributed by atoms with Gasteiger partial charge in [0.2, 0.25) is 0 Å². The number of likely N-dealkylation sites (tertiary alicyclic amines) is 2. The molecule has 34 rings (SSSR count). The Kier molecular flexibility index (Phi) is 2.89. The van der Waals surface area contributed by atoms with E-state index in [0.717, 1.165) is 8.97 Å². The molecule has 0 N–H and O–H groups in total. The quantitative estimate of drug-likeness (QED) is 0.0842. The van der Waals surface area contributed by atoms with Crippen molar-refractivity contribution in [3.05, 3.63) is 89.0 Å². The Morgan fingerprint density at radius 2 is 0.639 bits per heavy atom. The molecule has 0 bridgehead atoms. The highest BCUT2D eigenvalue weighted by Crippen LogP contribution is 2.97. The monoisotopic (exact) mass is 1120 g/mol. The van der Waals surface area contributed by atoms with Gasteiger partial charge < -0.3 is 56.9 Å². The van der Waals surface area contributed by atoms with Crippen molar-refractivity contribution in [3.63, 3.8) is 0 Å². The SMILES string of the molecule is C[N+]1(C)C[C@]23c4c5c6c7c8c9c%10c%11c%12c%13c%14c%15c%16c%17c%18c%19c%20c%21c(c2c2c4c4c6c9c6c4c4c2c%21c2c(c%16%20)c%15c9c%13c%10c6c9c24)[C@@H]%19[C@H]2c4c6c9c%10c(c4-%18)[C@@H]%17[C@@H]%14C%12=C%10[C@]4(C[N+](C)(C)C[C@@]8%114)[C@H]9[C@@H]7C5=C6[C@]23C1.[I-].[I-]. The smallest absolute Gasteiger partial charge is 0.0934 e. The summed E-state index contributed by atoms with van der Waals surface area (Å²) in [6.07, 6.45) is 0. The Morgan fingerprint density at radius 3 is 1.21 bits per heavy atom. The fourth-order valence-corrected chi connectivity index (χ4v) is 30.6. The van der Waals surface area contributed by atoms with Crippen LogP contribution in [0.2, 0.25) is 0 Å². The standard InChI is InChI=1S/C68H26N2.2HI/c1-69(2)5-65-57-41-30-19-12-13-17-10-9-14-11-15(10)26-35-24(17)31-20(13)22-21(19)32-29-33(22)44-42(31)58-46(35)48-37(26)28-18(11)27-36-25(14)34(23(30)16(9)12)45(57)47(36)59-49-38(27)39(28)50-54-53(49)63(67(59,65)7-69)55-51(61(65)43(32)41)40(29)52-56(55)64(54)68(60(48)50)8-70(3,4)6-66(58,68)62(44)52;;/h27,36,48,55,60,63H,5-8H2,1-4H3;2*1H/q+2;;/p-2/t27-,36+,48+,55-,60-,63+,65-,66+,67+,68-;;/m0../s1. The molecule has 16 aromatic rings. The van der Waals surface area contributed by atoms with Crippen molar-refractivity contribution in [1.82, 2.24) is 0 Å². The normalized spacial score (nSPS) is 37.3. The zero-order valence-electron chi connectivity index (χ0n) is 38.9. The number of allylic oxidation sites excluding steroid dienone is 2. The van der Waals surface area contributed by atoms with E-state index in [1.807, 2.05) is 149 Å². The van der Waals surface area contributed by atoms with Crippen molar-refractivity contribution < 1.29 is 56.9 Å². The number of halogens is 2. The summed E-state index contributed by atoms with van der Waals surface area (Å²) in [5.41, 5.74) is 42.3. The first-order valence-corrected chi connectivity index (χ1v) is 27.7. The highest BCUT2D eigenvalue weighted by molar-refractivity contribution is 6.71. The lowest BCUT2D eigenvalue weighted by Crippen LogP contribution is -3.00. The number of hydrogen-bond donors (Lipinski definition) is 0. The van der Waals surface area contributed by atoms with Gasteiger partial charge in [-0.1, -0.05) is 0 Å². The van der Waals surface area contributed by atoms with E-state index < -0.39 is 0 Å². The molecule has 16 aliphatic carbocycles. The fraction of sp³-hybridized carbons (Fsp3) is 0.265. The van der Waals surface area contributed by atoms with Crippen LogP contribution in [-0.4, -0.2) is 63.3 Å². The summed E-state index contributed by atoms with van der Waals surface area (Å²) in [6, 6.07) is 0. The highest BCUT2D eigenvalue weighted by Gasteiger charge is 2.88. The van der Waals surface area contributed by atoms with Gasteiger partial charge in [0, 0.05) is 35.5 Å². The van der Waals surface area contributed by atoms with Gasteiger partial charge >= 0.3 is 0 Å². The first-order valence-electron chi connectivity index (χ1n) is 27.7. The van der Waals surface area contributed by atoms with Crippen LogP contribution in [0.4, 0.5) is 0 Å². The number of rotatable bonds is 0. The van der Waals surface area contributed by atoms with E-state index in [-0.39, 0.29) is 69.6 Å². The Labute approximate surface area is 438 Å². The molecule has 4 heteroatoms. The van der Waals surface area contributed by atoms with Crippen molar-refractivity contribution in [2.24, 2.45) is 10.8 Å². The van der Waals surface area contributed by atoms with E-state index in [4.69, 9.17) is 0 Å². The first-order chi connectivity index (χ1) is 34.3. The maximum absolute atomic E-state index is 2.72. The summed E-state index contributed by atoms with van der Waals surface area (Å²) < 4.78 is 2.29. The summed E-state index contributed by atoms with van der Waals surface area (Å²) in [5.74, 6) is 2.94. The molecule has 2 nitrogen and oxygen atoms in total. The molecule has 0 amide bonds. The fourth-order valence-electron chi connectivity index (χ4n) is 30.6. The highest BCUT2D eigenvalue weighted by atomic mass is 127. The molecule has 2 saturated heterocycles. The second kappa shape index (κ2) is 6.74. The van der Waals surface area contributed by atoms with Crippen molar-refractivity contribution in [2.75, 3.05) is 54.4 Å². The molecule has 0 aromatic heterocycles. The van der Waals surface area contributed by atoms with Crippen molar-refractivity contribution in [3.8, 4) is 11.1 Å². The molecule has 2 aliphatic heterocycles. The Bertz CT molecular complexity index is 6370. The third kappa shape index (κ3) is 1.62. The molecule has 18 aliphatic rings. The van der Waals surface area contributed by atoms with Gasteiger partial charge in [-0.25, -0.2) is 0 Å². The lowest BCUT2D eigenvalue weighted by atomic mass is 9.41. The van der Waals surface area contributed by atoms with Crippen LogP contribution < -0.4 is 48.0 Å². The van der Waals surface area contributed by atoms with E-state index in [2.05, 4.69) is 28.2 Å². The molecule has 0 unspecified atom stereocenters. The van der Waals surface area contributed by atoms with Gasteiger partial charge in [0.25, 0.3) is 0 Å². The molecule has 0 saturated carbocycles. The van der Waals surface area contributed by atoms with Crippen LogP contribution in [-0.2, 0) is 10.8 Å². The van der Waals surface area contributed by atoms with Gasteiger partial charge in [-0.2, -0.15) is 0 Å². The van der Waals surface area contributed by atoms with Crippen LogP contribution in [0.1, 0.15) is 125 Å². The summed E-state index contributed by atoms with van der Waals surface area (Å²) in [6.45, 7) is 5.11. The Balaban J connectivity index is 0.00000163. The van der Waals surface area contributed by atoms with Gasteiger partial charge in [0.1, 0.15) is 0 Å². The predicted octanol–water partition coefficient (Wildman–Crippen LogP) is 7.47. The van der Waals surface area contributed by atoms with Crippen molar-refractivity contribution in [2.45, 2.75) is 46.3 Å². The van der Waals surface area contributed by atoms with Crippen LogP contribution >= 0.6 is 0 Å². The van der Waals surface area contributed by atoms with E-state index in [0.29, 0.717) is 35.5 Å². The average Bonchev–Trinajstić information content (AvgIpc) is 4.20. The minimum atomic E-state index is -0.0118. The molecular weight excluding hydrogens is 1100 g/mol. The number of likely N-dealkylation sites (N-methyl/N-ethyl adjacent to an activating group) is 2. The van der Waals surface area contributed by atoms with E-state index >= 15 is 0 Å². The summed E-state index contributed by atoms with van der Waals surface area (Å²) in [7, 11) is 10.9. The van der Waals surface area contributed by atoms with Crippen LogP contribution in [0.15, 0.2) is 0 Å². The zero-order chi connectivity index (χ0) is 42.2.